The van der Waals surface area contributed by atoms with Crippen LogP contribution in [-0.2, 0) is 4.79 Å². The van der Waals surface area contributed by atoms with Gasteiger partial charge in [-0.25, -0.2) is 0 Å². The number of hydrogen-bond donors (Lipinski definition) is 0. The van der Waals surface area contributed by atoms with Gasteiger partial charge in [0, 0.05) is 6.42 Å². The maximum Gasteiger partial charge on any atom is 0.156 e. The summed E-state index contributed by atoms with van der Waals surface area (Å²) in [6, 6.07) is 8.01. The molecule has 1 aliphatic rings. The molecule has 0 unspecified atom stereocenters. The number of benzene rings is 1. The topological polar surface area (TPSA) is 26.3 Å². The largest absolute Gasteiger partial charge is 0.497 e. The molecule has 0 saturated carbocycles. The second kappa shape index (κ2) is 4.52. The van der Waals surface area contributed by atoms with Crippen LogP contribution in [0.15, 0.2) is 35.9 Å². The molecule has 0 bridgehead atoms. The van der Waals surface area contributed by atoms with Gasteiger partial charge >= 0.3 is 0 Å². The van der Waals surface area contributed by atoms with Gasteiger partial charge in [0.15, 0.2) is 5.78 Å². The minimum Gasteiger partial charge on any atom is -0.497 e. The molecule has 0 amide bonds. The smallest absolute Gasteiger partial charge is 0.156 e. The van der Waals surface area contributed by atoms with Gasteiger partial charge in [0.2, 0.25) is 0 Å². The third-order valence-corrected chi connectivity index (χ3v) is 3.01. The normalized spacial score (nSPS) is 20.5. The van der Waals surface area contributed by atoms with Crippen molar-refractivity contribution < 1.29 is 9.53 Å². The lowest BCUT2D eigenvalue weighted by molar-refractivity contribution is -0.115. The van der Waals surface area contributed by atoms with Crippen molar-refractivity contribution >= 4 is 5.78 Å². The second-order valence-corrected chi connectivity index (χ2v) is 4.34. The van der Waals surface area contributed by atoms with Crippen molar-refractivity contribution in [2.75, 3.05) is 7.11 Å². The molecule has 2 heteroatoms. The van der Waals surface area contributed by atoms with Gasteiger partial charge in [-0.1, -0.05) is 17.7 Å². The van der Waals surface area contributed by atoms with Gasteiger partial charge in [-0.3, -0.25) is 4.79 Å². The van der Waals surface area contributed by atoms with Gasteiger partial charge < -0.3 is 4.74 Å². The Balaban J connectivity index is 2.18. The summed E-state index contributed by atoms with van der Waals surface area (Å²) in [4.78, 5) is 11.5. The Morgan fingerprint density at radius 2 is 1.88 bits per heavy atom. The van der Waals surface area contributed by atoms with E-state index >= 15 is 0 Å². The predicted molar refractivity (Wildman–Crippen MR) is 63.7 cm³/mol. The summed E-state index contributed by atoms with van der Waals surface area (Å²) in [5.74, 6) is 1.44. The summed E-state index contributed by atoms with van der Waals surface area (Å²) in [5, 5.41) is 0. The summed E-state index contributed by atoms with van der Waals surface area (Å²) < 4.78 is 5.12. The van der Waals surface area contributed by atoms with Gasteiger partial charge in [0.05, 0.1) is 7.11 Å². The third kappa shape index (κ3) is 2.32. The number of carbonyl (C=O) groups is 1. The lowest BCUT2D eigenvalue weighted by atomic mass is 9.84. The van der Waals surface area contributed by atoms with Crippen molar-refractivity contribution in [3.05, 3.63) is 41.5 Å². The molecule has 0 spiro atoms. The molecule has 1 aromatic carbocycles. The Morgan fingerprint density at radius 1 is 1.19 bits per heavy atom. The molecule has 0 radical (unpaired) electrons. The number of methoxy groups -OCH3 is 1. The van der Waals surface area contributed by atoms with E-state index in [1.807, 2.05) is 19.1 Å². The average Bonchev–Trinajstić information content (AvgIpc) is 2.28. The van der Waals surface area contributed by atoms with Crippen molar-refractivity contribution in [3.63, 3.8) is 0 Å². The molecule has 84 valence electrons. The van der Waals surface area contributed by atoms with Crippen LogP contribution in [0.1, 0.15) is 31.2 Å². The van der Waals surface area contributed by atoms with Crippen LogP contribution < -0.4 is 4.74 Å². The molecule has 1 aromatic rings. The molecule has 0 saturated heterocycles. The Kier molecular flexibility index (Phi) is 3.09. The molecule has 0 aromatic heterocycles. The lowest BCUT2D eigenvalue weighted by Crippen LogP contribution is -2.11. The molecular weight excluding hydrogens is 200 g/mol. The van der Waals surface area contributed by atoms with E-state index in [0.29, 0.717) is 12.3 Å². The molecule has 1 aliphatic carbocycles. The summed E-state index contributed by atoms with van der Waals surface area (Å²) in [6.45, 7) is 2.02. The summed E-state index contributed by atoms with van der Waals surface area (Å²) in [7, 11) is 1.66. The first-order chi connectivity index (χ1) is 7.69. The Labute approximate surface area is 95.9 Å². The van der Waals surface area contributed by atoms with E-state index in [-0.39, 0.29) is 5.78 Å². The number of ether oxygens (including phenoxy) is 1. The van der Waals surface area contributed by atoms with E-state index in [0.717, 1.165) is 12.2 Å². The van der Waals surface area contributed by atoms with Crippen molar-refractivity contribution in [3.8, 4) is 5.75 Å². The first-order valence-corrected chi connectivity index (χ1v) is 5.53. The zero-order chi connectivity index (χ0) is 11.5. The van der Waals surface area contributed by atoms with Crippen LogP contribution in [0.25, 0.3) is 0 Å². The van der Waals surface area contributed by atoms with Gasteiger partial charge in [-0.2, -0.15) is 0 Å². The van der Waals surface area contributed by atoms with Crippen LogP contribution in [0.2, 0.25) is 0 Å². The van der Waals surface area contributed by atoms with E-state index in [2.05, 4.69) is 12.1 Å². The number of hydrogen-bond acceptors (Lipinski definition) is 2. The molecule has 2 rings (SSSR count). The minimum atomic E-state index is 0.240. The number of rotatable bonds is 2. The molecular formula is C14H16O2. The number of carbonyl (C=O) groups excluding carboxylic acids is 1. The van der Waals surface area contributed by atoms with Crippen molar-refractivity contribution in [2.45, 2.75) is 25.7 Å². The van der Waals surface area contributed by atoms with Gasteiger partial charge in [0.25, 0.3) is 0 Å². The predicted octanol–water partition coefficient (Wildman–Crippen LogP) is 3.09. The molecule has 2 nitrogen and oxygen atoms in total. The van der Waals surface area contributed by atoms with E-state index < -0.39 is 0 Å². The minimum absolute atomic E-state index is 0.240. The Hall–Kier alpha value is -1.57. The van der Waals surface area contributed by atoms with Crippen molar-refractivity contribution in [2.24, 2.45) is 0 Å². The van der Waals surface area contributed by atoms with Crippen LogP contribution in [0.4, 0.5) is 0 Å². The second-order valence-electron chi connectivity index (χ2n) is 4.34. The SMILES string of the molecule is COc1ccc([C@H]2CC(=O)C=C(C)C2)cc1. The highest BCUT2D eigenvalue weighted by Crippen LogP contribution is 2.31. The fraction of sp³-hybridized carbons (Fsp3) is 0.357. The monoisotopic (exact) mass is 216 g/mol. The highest BCUT2D eigenvalue weighted by atomic mass is 16.5. The zero-order valence-corrected chi connectivity index (χ0v) is 9.69. The third-order valence-electron chi connectivity index (χ3n) is 3.01. The average molecular weight is 216 g/mol. The summed E-state index contributed by atoms with van der Waals surface area (Å²) in [6.07, 6.45) is 3.38. The Morgan fingerprint density at radius 3 is 2.44 bits per heavy atom. The fourth-order valence-electron chi connectivity index (χ4n) is 2.21. The maximum absolute atomic E-state index is 11.5. The quantitative estimate of drug-likeness (QED) is 0.759. The maximum atomic E-state index is 11.5. The first-order valence-electron chi connectivity index (χ1n) is 5.53. The van der Waals surface area contributed by atoms with Crippen LogP contribution in [0.3, 0.4) is 0 Å². The number of allylic oxidation sites excluding steroid dienone is 2. The van der Waals surface area contributed by atoms with Crippen LogP contribution in [0.5, 0.6) is 5.75 Å². The van der Waals surface area contributed by atoms with Gasteiger partial charge in [-0.15, -0.1) is 0 Å². The van der Waals surface area contributed by atoms with Crippen molar-refractivity contribution in [1.82, 2.24) is 0 Å². The molecule has 16 heavy (non-hydrogen) atoms. The molecule has 0 N–H and O–H groups in total. The van der Waals surface area contributed by atoms with Gasteiger partial charge in [-0.05, 0) is 43.0 Å². The summed E-state index contributed by atoms with van der Waals surface area (Å²) in [5.41, 5.74) is 2.40. The Bertz CT molecular complexity index is 415. The fourth-order valence-corrected chi connectivity index (χ4v) is 2.21. The molecule has 0 heterocycles. The molecule has 0 fully saturated rings. The molecule has 0 aliphatic heterocycles. The molecule has 1 atom stereocenters. The van der Waals surface area contributed by atoms with Crippen LogP contribution in [0, 0.1) is 0 Å². The first kappa shape index (κ1) is 10.9. The van der Waals surface area contributed by atoms with Gasteiger partial charge in [0.1, 0.15) is 5.75 Å². The summed E-state index contributed by atoms with van der Waals surface area (Å²) >= 11 is 0. The number of ketones is 1. The van der Waals surface area contributed by atoms with Crippen LogP contribution in [-0.4, -0.2) is 12.9 Å². The highest BCUT2D eigenvalue weighted by molar-refractivity contribution is 5.91. The lowest BCUT2D eigenvalue weighted by Gasteiger charge is -2.20. The van der Waals surface area contributed by atoms with E-state index in [9.17, 15) is 4.79 Å². The van der Waals surface area contributed by atoms with E-state index in [4.69, 9.17) is 4.74 Å². The van der Waals surface area contributed by atoms with E-state index in [1.54, 1.807) is 13.2 Å². The van der Waals surface area contributed by atoms with E-state index in [1.165, 1.54) is 11.1 Å². The van der Waals surface area contributed by atoms with Crippen LogP contribution >= 0.6 is 0 Å². The zero-order valence-electron chi connectivity index (χ0n) is 9.69. The standard InChI is InChI=1S/C14H16O2/c1-10-7-12(9-13(15)8-10)11-3-5-14(16-2)6-4-11/h3-6,8,12H,7,9H2,1-2H3/t12-/m1/s1. The highest BCUT2D eigenvalue weighted by Gasteiger charge is 2.20. The van der Waals surface area contributed by atoms with Crippen molar-refractivity contribution in [1.29, 1.82) is 0 Å².